The lowest BCUT2D eigenvalue weighted by Crippen LogP contribution is -2.42. The molecule has 0 unspecified atom stereocenters. The van der Waals surface area contributed by atoms with Gasteiger partial charge in [0.2, 0.25) is 0 Å². The summed E-state index contributed by atoms with van der Waals surface area (Å²) in [6.07, 6.45) is 3.50. The van der Waals surface area contributed by atoms with Crippen LogP contribution in [-0.4, -0.2) is 17.0 Å². The summed E-state index contributed by atoms with van der Waals surface area (Å²) in [7, 11) is 0. The van der Waals surface area contributed by atoms with E-state index in [4.69, 9.17) is 9.47 Å². The third-order valence-electron chi connectivity index (χ3n) is 5.34. The quantitative estimate of drug-likeness (QED) is 0.630. The van der Waals surface area contributed by atoms with Crippen molar-refractivity contribution in [1.29, 1.82) is 0 Å². The topological polar surface area (TPSA) is 38.7 Å². The van der Waals surface area contributed by atoms with Gasteiger partial charge in [0.1, 0.15) is 17.8 Å². The van der Waals surface area contributed by atoms with E-state index >= 15 is 0 Å². The number of hydrogen-bond acceptors (Lipinski definition) is 3. The van der Waals surface area contributed by atoms with Crippen molar-refractivity contribution in [2.75, 3.05) is 0 Å². The Kier molecular flexibility index (Phi) is 6.47. The lowest BCUT2D eigenvalue weighted by molar-refractivity contribution is -0.198. The summed E-state index contributed by atoms with van der Waals surface area (Å²) < 4.78 is 12.7. The zero-order valence-corrected chi connectivity index (χ0v) is 15.8. The van der Waals surface area contributed by atoms with Crippen LogP contribution in [0.15, 0.2) is 60.7 Å². The summed E-state index contributed by atoms with van der Waals surface area (Å²) in [4.78, 5) is 0. The molecule has 1 N–H and O–H groups in total. The molecule has 1 aliphatic heterocycles. The summed E-state index contributed by atoms with van der Waals surface area (Å²) in [5.74, 6) is 0. The average molecular weight is 354 g/mol. The van der Waals surface area contributed by atoms with Gasteiger partial charge in [-0.2, -0.15) is 0 Å². The normalized spacial score (nSPS) is 23.0. The third kappa shape index (κ3) is 4.17. The van der Waals surface area contributed by atoms with Crippen LogP contribution in [0.3, 0.4) is 0 Å². The van der Waals surface area contributed by atoms with E-state index in [9.17, 15) is 5.11 Å². The Morgan fingerprint density at radius 2 is 1.31 bits per heavy atom. The van der Waals surface area contributed by atoms with Crippen LogP contribution in [-0.2, 0) is 9.47 Å². The van der Waals surface area contributed by atoms with Gasteiger partial charge in [-0.3, -0.25) is 0 Å². The lowest BCUT2D eigenvalue weighted by Gasteiger charge is -2.32. The van der Waals surface area contributed by atoms with Gasteiger partial charge >= 0.3 is 0 Å². The fourth-order valence-corrected chi connectivity index (χ4v) is 3.63. The van der Waals surface area contributed by atoms with Crippen molar-refractivity contribution >= 4 is 0 Å². The molecule has 140 valence electrons. The molecule has 3 nitrogen and oxygen atoms in total. The SMILES string of the molecule is CCCCC[C@](O)(CC)C1O[C@@H](c2ccccc2)[C@H](c2ccccc2)O1. The molecule has 3 rings (SSSR count). The van der Waals surface area contributed by atoms with Crippen LogP contribution in [0.2, 0.25) is 0 Å². The molecule has 2 aromatic carbocycles. The smallest absolute Gasteiger partial charge is 0.187 e. The van der Waals surface area contributed by atoms with Crippen LogP contribution in [0.1, 0.15) is 69.3 Å². The van der Waals surface area contributed by atoms with Crippen LogP contribution in [0.4, 0.5) is 0 Å². The Labute approximate surface area is 157 Å². The fourth-order valence-electron chi connectivity index (χ4n) is 3.63. The minimum Gasteiger partial charge on any atom is -0.385 e. The van der Waals surface area contributed by atoms with E-state index in [0.717, 1.165) is 30.4 Å². The molecule has 3 atom stereocenters. The first-order valence-electron chi connectivity index (χ1n) is 9.81. The molecule has 1 saturated heterocycles. The molecule has 0 aliphatic carbocycles. The molecule has 1 fully saturated rings. The summed E-state index contributed by atoms with van der Waals surface area (Å²) in [6.45, 7) is 4.18. The minimum absolute atomic E-state index is 0.215. The summed E-state index contributed by atoms with van der Waals surface area (Å²) in [5.41, 5.74) is 1.21. The van der Waals surface area contributed by atoms with E-state index in [-0.39, 0.29) is 12.2 Å². The van der Waals surface area contributed by atoms with Crippen molar-refractivity contribution in [2.45, 2.75) is 70.1 Å². The van der Waals surface area contributed by atoms with E-state index in [1.807, 2.05) is 43.3 Å². The molecule has 0 saturated carbocycles. The zero-order chi connectivity index (χ0) is 18.4. The second kappa shape index (κ2) is 8.81. The number of unbranched alkanes of at least 4 members (excludes halogenated alkanes) is 2. The molecule has 0 spiro atoms. The highest BCUT2D eigenvalue weighted by Crippen LogP contribution is 2.46. The fraction of sp³-hybridized carbons (Fsp3) is 0.478. The van der Waals surface area contributed by atoms with Crippen LogP contribution >= 0.6 is 0 Å². The van der Waals surface area contributed by atoms with Gasteiger partial charge < -0.3 is 14.6 Å². The lowest BCUT2D eigenvalue weighted by atomic mass is 9.92. The van der Waals surface area contributed by atoms with Gasteiger partial charge in [0.25, 0.3) is 0 Å². The number of ether oxygens (including phenoxy) is 2. The van der Waals surface area contributed by atoms with Crippen molar-refractivity contribution in [3.63, 3.8) is 0 Å². The largest absolute Gasteiger partial charge is 0.385 e. The molecular formula is C23H30O3. The highest BCUT2D eigenvalue weighted by molar-refractivity contribution is 5.26. The summed E-state index contributed by atoms with van der Waals surface area (Å²) in [6, 6.07) is 20.3. The second-order valence-corrected chi connectivity index (χ2v) is 7.18. The standard InChI is InChI=1S/C23H30O3/c1-3-5-12-17-23(24,4-2)22-25-20(18-13-8-6-9-14-18)21(26-22)19-15-10-7-11-16-19/h6-11,13-16,20-22,24H,3-5,12,17H2,1-2H3/t20-,21-,23+/m0/s1. The first kappa shape index (κ1) is 19.1. The van der Waals surface area contributed by atoms with Crippen LogP contribution in [0.5, 0.6) is 0 Å². The van der Waals surface area contributed by atoms with Crippen molar-refractivity contribution < 1.29 is 14.6 Å². The summed E-state index contributed by atoms with van der Waals surface area (Å²) >= 11 is 0. The van der Waals surface area contributed by atoms with Crippen LogP contribution < -0.4 is 0 Å². The molecule has 0 radical (unpaired) electrons. The molecule has 2 aromatic rings. The maximum absolute atomic E-state index is 11.2. The molecule has 0 bridgehead atoms. The van der Waals surface area contributed by atoms with Gasteiger partial charge in [0.05, 0.1) is 0 Å². The Hall–Kier alpha value is -1.68. The third-order valence-corrected chi connectivity index (χ3v) is 5.34. The van der Waals surface area contributed by atoms with E-state index in [1.165, 1.54) is 0 Å². The van der Waals surface area contributed by atoms with Crippen molar-refractivity contribution in [1.82, 2.24) is 0 Å². The monoisotopic (exact) mass is 354 g/mol. The van der Waals surface area contributed by atoms with Gasteiger partial charge in [-0.25, -0.2) is 0 Å². The Morgan fingerprint density at radius 1 is 0.808 bits per heavy atom. The highest BCUT2D eigenvalue weighted by Gasteiger charge is 2.47. The van der Waals surface area contributed by atoms with Gasteiger partial charge in [0.15, 0.2) is 6.29 Å². The van der Waals surface area contributed by atoms with Crippen LogP contribution in [0.25, 0.3) is 0 Å². The molecule has 1 aliphatic rings. The molecule has 3 heteroatoms. The Morgan fingerprint density at radius 3 is 1.73 bits per heavy atom. The maximum Gasteiger partial charge on any atom is 0.187 e. The molecular weight excluding hydrogens is 324 g/mol. The van der Waals surface area contributed by atoms with E-state index in [1.54, 1.807) is 0 Å². The maximum atomic E-state index is 11.2. The van der Waals surface area contributed by atoms with Crippen molar-refractivity contribution in [3.05, 3.63) is 71.8 Å². The molecule has 0 amide bonds. The predicted molar refractivity (Wildman–Crippen MR) is 104 cm³/mol. The Balaban J connectivity index is 1.86. The van der Waals surface area contributed by atoms with Gasteiger partial charge in [-0.1, -0.05) is 93.8 Å². The number of benzene rings is 2. The first-order chi connectivity index (χ1) is 12.7. The molecule has 1 heterocycles. The van der Waals surface area contributed by atoms with Crippen LogP contribution in [0, 0.1) is 0 Å². The van der Waals surface area contributed by atoms with Crippen molar-refractivity contribution in [2.24, 2.45) is 0 Å². The van der Waals surface area contributed by atoms with Gasteiger partial charge in [0, 0.05) is 0 Å². The number of hydrogen-bond donors (Lipinski definition) is 1. The molecule has 26 heavy (non-hydrogen) atoms. The highest BCUT2D eigenvalue weighted by atomic mass is 16.7. The van der Waals surface area contributed by atoms with E-state index in [2.05, 4.69) is 31.2 Å². The van der Waals surface area contributed by atoms with Gasteiger partial charge in [-0.15, -0.1) is 0 Å². The van der Waals surface area contributed by atoms with E-state index in [0.29, 0.717) is 12.8 Å². The average Bonchev–Trinajstić information content (AvgIpc) is 3.15. The first-order valence-corrected chi connectivity index (χ1v) is 9.81. The molecule has 0 aromatic heterocycles. The minimum atomic E-state index is -0.953. The van der Waals surface area contributed by atoms with E-state index < -0.39 is 11.9 Å². The van der Waals surface area contributed by atoms with Crippen molar-refractivity contribution in [3.8, 4) is 0 Å². The number of aliphatic hydroxyl groups is 1. The predicted octanol–water partition coefficient (Wildman–Crippen LogP) is 5.56. The zero-order valence-electron chi connectivity index (χ0n) is 15.8. The second-order valence-electron chi connectivity index (χ2n) is 7.18. The van der Waals surface area contributed by atoms with Gasteiger partial charge in [-0.05, 0) is 24.0 Å². The Bertz CT molecular complexity index is 610. The number of rotatable bonds is 8. The summed E-state index contributed by atoms with van der Waals surface area (Å²) in [5, 5.41) is 11.2.